The molecule has 0 fully saturated rings. The Hall–Kier alpha value is -1.40. The molecule has 1 aromatic carbocycles. The van der Waals surface area contributed by atoms with Crippen LogP contribution in [0.5, 0.6) is 0 Å². The highest BCUT2D eigenvalue weighted by Crippen LogP contribution is 2.17. The summed E-state index contributed by atoms with van der Waals surface area (Å²) in [6.07, 6.45) is 4.62. The van der Waals surface area contributed by atoms with Gasteiger partial charge in [0.2, 0.25) is 10.0 Å². The minimum atomic E-state index is -3.85. The van der Waals surface area contributed by atoms with Gasteiger partial charge < -0.3 is 5.32 Å². The highest BCUT2D eigenvalue weighted by Gasteiger charge is 2.10. The number of hydrogen-bond acceptors (Lipinski definition) is 3. The molecule has 0 aliphatic rings. The van der Waals surface area contributed by atoms with E-state index in [4.69, 9.17) is 5.14 Å². The first-order chi connectivity index (χ1) is 7.95. The molecule has 3 N–H and O–H groups in total. The molecule has 0 aliphatic heterocycles. The second-order valence-corrected chi connectivity index (χ2v) is 5.03. The second kappa shape index (κ2) is 5.79. The summed E-state index contributed by atoms with van der Waals surface area (Å²) in [5.41, 5.74) is 0.266. The van der Waals surface area contributed by atoms with Gasteiger partial charge in [0.05, 0.1) is 10.6 Å². The van der Waals surface area contributed by atoms with E-state index in [9.17, 15) is 12.8 Å². The summed E-state index contributed by atoms with van der Waals surface area (Å²) in [5, 5.41) is 7.76. The van der Waals surface area contributed by atoms with E-state index in [0.29, 0.717) is 6.54 Å². The second-order valence-electron chi connectivity index (χ2n) is 3.47. The van der Waals surface area contributed by atoms with Gasteiger partial charge in [-0.15, -0.1) is 0 Å². The minimum absolute atomic E-state index is 0.228. The highest BCUT2D eigenvalue weighted by molar-refractivity contribution is 7.89. The third kappa shape index (κ3) is 4.16. The Morgan fingerprint density at radius 1 is 1.47 bits per heavy atom. The predicted molar refractivity (Wildman–Crippen MR) is 65.7 cm³/mol. The van der Waals surface area contributed by atoms with Crippen molar-refractivity contribution < 1.29 is 12.8 Å². The van der Waals surface area contributed by atoms with Crippen molar-refractivity contribution in [1.29, 1.82) is 0 Å². The number of primary sulfonamides is 1. The molecule has 1 rings (SSSR count). The lowest BCUT2D eigenvalue weighted by Crippen LogP contribution is -2.13. The van der Waals surface area contributed by atoms with Crippen LogP contribution in [0.1, 0.15) is 13.3 Å². The highest BCUT2D eigenvalue weighted by atomic mass is 32.2. The van der Waals surface area contributed by atoms with Crippen LogP contribution in [0.15, 0.2) is 35.2 Å². The van der Waals surface area contributed by atoms with Gasteiger partial charge in [-0.1, -0.05) is 12.2 Å². The number of allylic oxidation sites excluding steroid dienone is 1. The first-order valence-corrected chi connectivity index (χ1v) is 6.67. The molecule has 4 nitrogen and oxygen atoms in total. The molecule has 0 heterocycles. The van der Waals surface area contributed by atoms with E-state index >= 15 is 0 Å². The smallest absolute Gasteiger partial charge is 0.238 e. The van der Waals surface area contributed by atoms with E-state index in [1.165, 1.54) is 12.1 Å². The summed E-state index contributed by atoms with van der Waals surface area (Å²) in [7, 11) is -3.85. The van der Waals surface area contributed by atoms with Crippen molar-refractivity contribution in [1.82, 2.24) is 0 Å². The zero-order valence-electron chi connectivity index (χ0n) is 9.48. The first-order valence-electron chi connectivity index (χ1n) is 5.12. The van der Waals surface area contributed by atoms with Crippen LogP contribution in [0.4, 0.5) is 10.1 Å². The van der Waals surface area contributed by atoms with Crippen molar-refractivity contribution >= 4 is 15.7 Å². The minimum Gasteiger partial charge on any atom is -0.382 e. The molecule has 0 saturated heterocycles. The maximum atomic E-state index is 13.5. The Bertz CT molecular complexity index is 512. The van der Waals surface area contributed by atoms with E-state index in [-0.39, 0.29) is 10.6 Å². The zero-order valence-corrected chi connectivity index (χ0v) is 10.3. The van der Waals surface area contributed by atoms with Gasteiger partial charge in [0.1, 0.15) is 5.82 Å². The number of anilines is 1. The Balaban J connectivity index is 2.77. The molecule has 0 aliphatic carbocycles. The average Bonchev–Trinajstić information content (AvgIpc) is 2.24. The molecule has 94 valence electrons. The van der Waals surface area contributed by atoms with E-state index in [2.05, 4.69) is 5.32 Å². The van der Waals surface area contributed by atoms with Crippen LogP contribution < -0.4 is 10.5 Å². The Morgan fingerprint density at radius 3 is 2.71 bits per heavy atom. The van der Waals surface area contributed by atoms with Gasteiger partial charge in [0.25, 0.3) is 0 Å². The standard InChI is InChI=1S/C11H15FN2O2S/c1-2-3-4-7-14-11-6-5-9(8-10(11)12)17(13,15)16/h2-3,5-6,8,14H,4,7H2,1H3,(H2,13,15,16)/b3-2+. The molecule has 6 heteroatoms. The van der Waals surface area contributed by atoms with E-state index < -0.39 is 15.8 Å². The first kappa shape index (κ1) is 13.7. The fourth-order valence-corrected chi connectivity index (χ4v) is 1.80. The number of hydrogen-bond donors (Lipinski definition) is 2. The monoisotopic (exact) mass is 258 g/mol. The number of benzene rings is 1. The molecule has 0 spiro atoms. The molecular formula is C11H15FN2O2S. The average molecular weight is 258 g/mol. The number of rotatable bonds is 5. The quantitative estimate of drug-likeness (QED) is 0.625. The van der Waals surface area contributed by atoms with Crippen LogP contribution in [0.2, 0.25) is 0 Å². The largest absolute Gasteiger partial charge is 0.382 e. The van der Waals surface area contributed by atoms with E-state index in [0.717, 1.165) is 12.5 Å². The van der Waals surface area contributed by atoms with E-state index in [1.54, 1.807) is 0 Å². The summed E-state index contributed by atoms with van der Waals surface area (Å²) in [4.78, 5) is -0.228. The molecule has 0 atom stereocenters. The van der Waals surface area contributed by atoms with Gasteiger partial charge >= 0.3 is 0 Å². The Kier molecular flexibility index (Phi) is 4.65. The van der Waals surface area contributed by atoms with Gasteiger partial charge in [0, 0.05) is 6.54 Å². The molecule has 0 amide bonds. The number of sulfonamides is 1. The van der Waals surface area contributed by atoms with Crippen LogP contribution >= 0.6 is 0 Å². The third-order valence-corrected chi connectivity index (χ3v) is 3.04. The summed E-state index contributed by atoms with van der Waals surface area (Å²) < 4.78 is 35.4. The zero-order chi connectivity index (χ0) is 12.9. The SMILES string of the molecule is C/C=C/CCNc1ccc(S(N)(=O)=O)cc1F. The molecule has 1 aromatic rings. The lowest BCUT2D eigenvalue weighted by molar-refractivity contribution is 0.593. The maximum Gasteiger partial charge on any atom is 0.238 e. The molecule has 0 saturated carbocycles. The topological polar surface area (TPSA) is 72.2 Å². The summed E-state index contributed by atoms with van der Waals surface area (Å²) >= 11 is 0. The van der Waals surface area contributed by atoms with Crippen molar-refractivity contribution in [3.05, 3.63) is 36.2 Å². The fraction of sp³-hybridized carbons (Fsp3) is 0.273. The molecule has 17 heavy (non-hydrogen) atoms. The van der Waals surface area contributed by atoms with Crippen LogP contribution in [-0.2, 0) is 10.0 Å². The number of nitrogens with two attached hydrogens (primary N) is 1. The third-order valence-electron chi connectivity index (χ3n) is 2.13. The van der Waals surface area contributed by atoms with Gasteiger partial charge in [-0.25, -0.2) is 17.9 Å². The molecular weight excluding hydrogens is 243 g/mol. The molecule has 0 unspecified atom stereocenters. The van der Waals surface area contributed by atoms with E-state index in [1.807, 2.05) is 19.1 Å². The summed E-state index contributed by atoms with van der Waals surface area (Å²) in [6.45, 7) is 2.48. The van der Waals surface area contributed by atoms with Crippen molar-refractivity contribution in [2.75, 3.05) is 11.9 Å². The Morgan fingerprint density at radius 2 is 2.18 bits per heavy atom. The van der Waals surface area contributed by atoms with Crippen LogP contribution in [0.3, 0.4) is 0 Å². The molecule has 0 bridgehead atoms. The normalized spacial score (nSPS) is 11.9. The van der Waals surface area contributed by atoms with Crippen molar-refractivity contribution in [3.8, 4) is 0 Å². The van der Waals surface area contributed by atoms with Crippen molar-refractivity contribution in [3.63, 3.8) is 0 Å². The molecule has 0 radical (unpaired) electrons. The summed E-state index contributed by atoms with van der Waals surface area (Å²) in [5.74, 6) is -0.628. The number of halogens is 1. The van der Waals surface area contributed by atoms with Gasteiger partial charge in [-0.3, -0.25) is 0 Å². The number of nitrogens with one attached hydrogen (secondary N) is 1. The van der Waals surface area contributed by atoms with Crippen molar-refractivity contribution in [2.24, 2.45) is 5.14 Å². The van der Waals surface area contributed by atoms with Gasteiger partial charge in [-0.2, -0.15) is 0 Å². The lowest BCUT2D eigenvalue weighted by atomic mass is 10.3. The maximum absolute atomic E-state index is 13.5. The molecule has 0 aromatic heterocycles. The van der Waals surface area contributed by atoms with Gasteiger partial charge in [-0.05, 0) is 31.5 Å². The van der Waals surface area contributed by atoms with Crippen LogP contribution in [-0.4, -0.2) is 15.0 Å². The predicted octanol–water partition coefficient (Wildman–Crippen LogP) is 1.85. The van der Waals surface area contributed by atoms with Gasteiger partial charge in [0.15, 0.2) is 0 Å². The Labute approximate surface area is 100 Å². The van der Waals surface area contributed by atoms with Crippen molar-refractivity contribution in [2.45, 2.75) is 18.2 Å². The fourth-order valence-electron chi connectivity index (χ4n) is 1.27. The summed E-state index contributed by atoms with van der Waals surface area (Å²) in [6, 6.07) is 3.55. The van der Waals surface area contributed by atoms with Crippen LogP contribution in [0.25, 0.3) is 0 Å². The lowest BCUT2D eigenvalue weighted by Gasteiger charge is -2.07. The van der Waals surface area contributed by atoms with Crippen LogP contribution in [0, 0.1) is 5.82 Å².